The van der Waals surface area contributed by atoms with Gasteiger partial charge in [-0.15, -0.1) is 0 Å². The number of nitrogens with one attached hydrogen (secondary N) is 1. The van der Waals surface area contributed by atoms with Crippen LogP contribution in [0.5, 0.6) is 0 Å². The standard InChI is InChI=1S/C25H27N5O2/c1-24(2,3)32-23(31)29-25(4,5)18-10-8-17(9-11-18)21-20-12-14-30(22(20)28-16-27-21)19-7-6-13-26-15-19/h6-16H,1-5H3,(H,29,31). The summed E-state index contributed by atoms with van der Waals surface area (Å²) in [6.45, 7) is 9.43. The van der Waals surface area contributed by atoms with Crippen LogP contribution in [0, 0.1) is 0 Å². The number of nitrogens with zero attached hydrogens (tertiary/aromatic N) is 4. The highest BCUT2D eigenvalue weighted by Gasteiger charge is 2.26. The third kappa shape index (κ3) is 4.46. The Morgan fingerprint density at radius 1 is 1.00 bits per heavy atom. The van der Waals surface area contributed by atoms with E-state index >= 15 is 0 Å². The van der Waals surface area contributed by atoms with Crippen molar-refractivity contribution < 1.29 is 9.53 Å². The average molecular weight is 430 g/mol. The van der Waals surface area contributed by atoms with Crippen LogP contribution in [0.4, 0.5) is 4.79 Å². The summed E-state index contributed by atoms with van der Waals surface area (Å²) >= 11 is 0. The number of amides is 1. The zero-order valence-corrected chi connectivity index (χ0v) is 19.0. The summed E-state index contributed by atoms with van der Waals surface area (Å²) in [7, 11) is 0. The van der Waals surface area contributed by atoms with Gasteiger partial charge >= 0.3 is 6.09 Å². The van der Waals surface area contributed by atoms with Crippen LogP contribution in [-0.2, 0) is 10.3 Å². The molecule has 0 saturated carbocycles. The third-order valence-electron chi connectivity index (χ3n) is 5.10. The van der Waals surface area contributed by atoms with E-state index in [4.69, 9.17) is 4.74 Å². The van der Waals surface area contributed by atoms with E-state index in [0.717, 1.165) is 33.5 Å². The number of aromatic nitrogens is 4. The Morgan fingerprint density at radius 2 is 1.75 bits per heavy atom. The lowest BCUT2D eigenvalue weighted by Crippen LogP contribution is -2.43. The van der Waals surface area contributed by atoms with Gasteiger partial charge in [0.15, 0.2) is 0 Å². The Morgan fingerprint density at radius 3 is 2.41 bits per heavy atom. The number of hydrogen-bond acceptors (Lipinski definition) is 5. The Kier molecular flexibility index (Phi) is 5.42. The van der Waals surface area contributed by atoms with Crippen LogP contribution in [0.25, 0.3) is 28.0 Å². The first kappa shape index (κ1) is 21.5. The second kappa shape index (κ2) is 8.07. The van der Waals surface area contributed by atoms with E-state index in [1.165, 1.54) is 0 Å². The minimum atomic E-state index is -0.592. The smallest absolute Gasteiger partial charge is 0.408 e. The monoisotopic (exact) mass is 429 g/mol. The maximum Gasteiger partial charge on any atom is 0.408 e. The quantitative estimate of drug-likeness (QED) is 0.480. The zero-order chi connectivity index (χ0) is 22.9. The predicted octanol–water partition coefficient (Wildman–Crippen LogP) is 5.24. The van der Waals surface area contributed by atoms with Gasteiger partial charge in [0.05, 0.1) is 23.1 Å². The fourth-order valence-corrected chi connectivity index (χ4v) is 3.56. The molecule has 3 aromatic heterocycles. The van der Waals surface area contributed by atoms with E-state index in [1.54, 1.807) is 18.7 Å². The van der Waals surface area contributed by atoms with Crippen molar-refractivity contribution in [3.63, 3.8) is 0 Å². The number of fused-ring (bicyclic) bond motifs is 1. The van der Waals surface area contributed by atoms with Gasteiger partial charge in [0.25, 0.3) is 0 Å². The Hall–Kier alpha value is -3.74. The number of alkyl carbamates (subject to hydrolysis) is 1. The van der Waals surface area contributed by atoms with Crippen LogP contribution >= 0.6 is 0 Å². The molecule has 0 atom stereocenters. The minimum Gasteiger partial charge on any atom is -0.444 e. The lowest BCUT2D eigenvalue weighted by molar-refractivity contribution is 0.0470. The second-order valence-electron chi connectivity index (χ2n) is 9.19. The topological polar surface area (TPSA) is 81.9 Å². The van der Waals surface area contributed by atoms with Gasteiger partial charge in [-0.1, -0.05) is 24.3 Å². The molecule has 0 saturated heterocycles. The molecular weight excluding hydrogens is 402 g/mol. The molecule has 4 rings (SSSR count). The minimum absolute atomic E-state index is 0.444. The normalized spacial score (nSPS) is 12.0. The summed E-state index contributed by atoms with van der Waals surface area (Å²) in [5, 5.41) is 3.90. The molecule has 1 N–H and O–H groups in total. The first-order valence-corrected chi connectivity index (χ1v) is 10.5. The SMILES string of the molecule is CC(C)(C)OC(=O)NC(C)(C)c1ccc(-c2ncnc3c2ccn3-c2cccnc2)cc1. The summed E-state index contributed by atoms with van der Waals surface area (Å²) in [6.07, 6.45) is 6.65. The lowest BCUT2D eigenvalue weighted by Gasteiger charge is -2.29. The molecule has 0 bridgehead atoms. The van der Waals surface area contributed by atoms with E-state index in [1.807, 2.05) is 87.8 Å². The maximum atomic E-state index is 12.2. The molecule has 0 aliphatic carbocycles. The molecule has 164 valence electrons. The van der Waals surface area contributed by atoms with Crippen LogP contribution in [0.1, 0.15) is 40.2 Å². The molecule has 0 spiro atoms. The van der Waals surface area contributed by atoms with Crippen molar-refractivity contribution in [3.05, 3.63) is 72.9 Å². The molecule has 32 heavy (non-hydrogen) atoms. The number of carbonyl (C=O) groups is 1. The van der Waals surface area contributed by atoms with Gasteiger partial charge in [-0.3, -0.25) is 9.55 Å². The molecule has 0 unspecified atom stereocenters. The second-order valence-corrected chi connectivity index (χ2v) is 9.19. The van der Waals surface area contributed by atoms with Crippen molar-refractivity contribution in [1.29, 1.82) is 0 Å². The fourth-order valence-electron chi connectivity index (χ4n) is 3.56. The van der Waals surface area contributed by atoms with Crippen molar-refractivity contribution >= 4 is 17.1 Å². The summed E-state index contributed by atoms with van der Waals surface area (Å²) in [5.74, 6) is 0. The molecule has 0 fully saturated rings. The maximum absolute atomic E-state index is 12.2. The van der Waals surface area contributed by atoms with E-state index in [-0.39, 0.29) is 0 Å². The number of rotatable bonds is 4. The molecule has 1 aromatic carbocycles. The number of benzene rings is 1. The van der Waals surface area contributed by atoms with E-state index < -0.39 is 17.2 Å². The van der Waals surface area contributed by atoms with Crippen molar-refractivity contribution in [2.75, 3.05) is 0 Å². The van der Waals surface area contributed by atoms with Crippen molar-refractivity contribution in [2.45, 2.75) is 45.8 Å². The molecule has 1 amide bonds. The first-order valence-electron chi connectivity index (χ1n) is 10.5. The van der Waals surface area contributed by atoms with Gasteiger partial charge in [-0.05, 0) is 58.4 Å². The van der Waals surface area contributed by atoms with Gasteiger partial charge in [0.1, 0.15) is 17.6 Å². The highest BCUT2D eigenvalue weighted by molar-refractivity contribution is 5.91. The highest BCUT2D eigenvalue weighted by atomic mass is 16.6. The van der Waals surface area contributed by atoms with Crippen molar-refractivity contribution in [3.8, 4) is 16.9 Å². The molecular formula is C25H27N5O2. The van der Waals surface area contributed by atoms with E-state index in [9.17, 15) is 4.79 Å². The van der Waals surface area contributed by atoms with Crippen LogP contribution in [0.3, 0.4) is 0 Å². The summed E-state index contributed by atoms with van der Waals surface area (Å²) in [4.78, 5) is 25.5. The number of hydrogen-bond donors (Lipinski definition) is 1. The van der Waals surface area contributed by atoms with Crippen LogP contribution in [0.2, 0.25) is 0 Å². The van der Waals surface area contributed by atoms with Crippen LogP contribution in [0.15, 0.2) is 67.4 Å². The predicted molar refractivity (Wildman–Crippen MR) is 124 cm³/mol. The molecule has 7 heteroatoms. The summed E-state index contributed by atoms with van der Waals surface area (Å²) < 4.78 is 7.40. The molecule has 3 heterocycles. The van der Waals surface area contributed by atoms with Crippen LogP contribution < -0.4 is 5.32 Å². The Balaban J connectivity index is 1.62. The van der Waals surface area contributed by atoms with Gasteiger partial charge < -0.3 is 10.1 Å². The number of pyridine rings is 1. The highest BCUT2D eigenvalue weighted by Crippen LogP contribution is 2.29. The molecule has 0 aliphatic heterocycles. The van der Waals surface area contributed by atoms with Crippen molar-refractivity contribution in [2.24, 2.45) is 0 Å². The van der Waals surface area contributed by atoms with Crippen LogP contribution in [-0.4, -0.2) is 31.2 Å². The lowest BCUT2D eigenvalue weighted by atomic mass is 9.93. The Bertz CT molecular complexity index is 1240. The first-order chi connectivity index (χ1) is 15.1. The zero-order valence-electron chi connectivity index (χ0n) is 19.0. The molecule has 7 nitrogen and oxygen atoms in total. The fraction of sp³-hybridized carbons (Fsp3) is 0.280. The average Bonchev–Trinajstić information content (AvgIpc) is 3.17. The number of carbonyl (C=O) groups excluding carboxylic acids is 1. The van der Waals surface area contributed by atoms with Gasteiger partial charge in [0.2, 0.25) is 0 Å². The van der Waals surface area contributed by atoms with Gasteiger partial charge in [0, 0.05) is 23.3 Å². The summed E-state index contributed by atoms with van der Waals surface area (Å²) in [5.41, 5.74) is 3.40. The van der Waals surface area contributed by atoms with E-state index in [2.05, 4.69) is 20.3 Å². The third-order valence-corrected chi connectivity index (χ3v) is 5.10. The largest absolute Gasteiger partial charge is 0.444 e. The van der Waals surface area contributed by atoms with Crippen molar-refractivity contribution in [1.82, 2.24) is 24.8 Å². The van der Waals surface area contributed by atoms with Gasteiger partial charge in [-0.25, -0.2) is 14.8 Å². The Labute approximate surface area is 187 Å². The van der Waals surface area contributed by atoms with Gasteiger partial charge in [-0.2, -0.15) is 0 Å². The van der Waals surface area contributed by atoms with E-state index in [0.29, 0.717) is 0 Å². The molecule has 0 radical (unpaired) electrons. The number of ether oxygens (including phenoxy) is 1. The summed E-state index contributed by atoms with van der Waals surface area (Å²) in [6, 6.07) is 13.9. The molecule has 0 aliphatic rings. The molecule has 4 aromatic rings.